The summed E-state index contributed by atoms with van der Waals surface area (Å²) in [5.74, 6) is 0. The Morgan fingerprint density at radius 3 is 2.23 bits per heavy atom. The molecule has 1 aromatic rings. The lowest BCUT2D eigenvalue weighted by atomic mass is 10.4. The Bertz CT molecular complexity index is 279. The standard InChI is InChI=1S/C9H13F2NSi/c1-13(2,3)9(10,11)8-6-4-5-7-12-8/h4-7H,1-3H3. The van der Waals surface area contributed by atoms with Gasteiger partial charge in [-0.2, -0.15) is 0 Å². The van der Waals surface area contributed by atoms with Gasteiger partial charge >= 0.3 is 0 Å². The van der Waals surface area contributed by atoms with Crippen LogP contribution >= 0.6 is 0 Å². The molecule has 4 heteroatoms. The second-order valence-corrected chi connectivity index (χ2v) is 9.17. The smallest absolute Gasteiger partial charge is 0.255 e. The van der Waals surface area contributed by atoms with Crippen molar-refractivity contribution in [1.82, 2.24) is 4.98 Å². The van der Waals surface area contributed by atoms with Crippen LogP contribution in [-0.4, -0.2) is 13.1 Å². The van der Waals surface area contributed by atoms with E-state index >= 15 is 0 Å². The minimum absolute atomic E-state index is 0.103. The first-order valence-electron chi connectivity index (χ1n) is 4.15. The predicted molar refractivity (Wildman–Crippen MR) is 51.5 cm³/mol. The minimum atomic E-state index is -2.74. The fourth-order valence-corrected chi connectivity index (χ4v) is 1.85. The van der Waals surface area contributed by atoms with E-state index in [-0.39, 0.29) is 5.69 Å². The zero-order valence-corrected chi connectivity index (χ0v) is 9.01. The zero-order valence-electron chi connectivity index (χ0n) is 8.01. The van der Waals surface area contributed by atoms with Gasteiger partial charge in [-0.3, -0.25) is 4.98 Å². The van der Waals surface area contributed by atoms with Crippen LogP contribution in [0.5, 0.6) is 0 Å². The van der Waals surface area contributed by atoms with Crippen molar-refractivity contribution in [3.63, 3.8) is 0 Å². The van der Waals surface area contributed by atoms with Crippen molar-refractivity contribution in [2.24, 2.45) is 0 Å². The molecule has 72 valence electrons. The lowest BCUT2D eigenvalue weighted by Gasteiger charge is -2.27. The topological polar surface area (TPSA) is 12.9 Å². The quantitative estimate of drug-likeness (QED) is 0.670. The van der Waals surface area contributed by atoms with E-state index in [2.05, 4.69) is 4.98 Å². The average Bonchev–Trinajstić information content (AvgIpc) is 2.04. The molecule has 0 fully saturated rings. The largest absolute Gasteiger partial charge is 0.269 e. The molecule has 1 nitrogen and oxygen atoms in total. The number of rotatable bonds is 2. The number of nitrogens with zero attached hydrogens (tertiary/aromatic N) is 1. The van der Waals surface area contributed by atoms with E-state index in [1.807, 2.05) is 0 Å². The molecule has 1 rings (SSSR count). The molecule has 13 heavy (non-hydrogen) atoms. The number of aromatic nitrogens is 1. The van der Waals surface area contributed by atoms with Gasteiger partial charge in [0, 0.05) is 6.20 Å². The molecule has 0 aliphatic rings. The highest BCUT2D eigenvalue weighted by atomic mass is 28.3. The maximum atomic E-state index is 13.7. The molecule has 0 radical (unpaired) electrons. The lowest BCUT2D eigenvalue weighted by molar-refractivity contribution is 0.0745. The number of alkyl halides is 2. The number of hydrogen-bond acceptors (Lipinski definition) is 1. The van der Waals surface area contributed by atoms with Crippen molar-refractivity contribution in [2.45, 2.75) is 25.2 Å². The van der Waals surface area contributed by atoms with Crippen molar-refractivity contribution in [2.75, 3.05) is 0 Å². The Morgan fingerprint density at radius 1 is 1.23 bits per heavy atom. The van der Waals surface area contributed by atoms with Crippen LogP contribution in [0.4, 0.5) is 8.78 Å². The molecule has 0 unspecified atom stereocenters. The summed E-state index contributed by atoms with van der Waals surface area (Å²) in [5.41, 5.74) is -2.84. The van der Waals surface area contributed by atoms with Gasteiger partial charge in [-0.05, 0) is 12.1 Å². The van der Waals surface area contributed by atoms with Crippen LogP contribution in [-0.2, 0) is 5.55 Å². The Hall–Kier alpha value is -0.773. The lowest BCUT2D eigenvalue weighted by Crippen LogP contribution is -2.43. The average molecular weight is 201 g/mol. The van der Waals surface area contributed by atoms with Gasteiger partial charge in [0.05, 0.1) is 0 Å². The van der Waals surface area contributed by atoms with Gasteiger partial charge in [0.2, 0.25) is 0 Å². The van der Waals surface area contributed by atoms with Crippen LogP contribution in [0.25, 0.3) is 0 Å². The third-order valence-corrected chi connectivity index (χ3v) is 4.07. The molecular weight excluding hydrogens is 188 g/mol. The van der Waals surface area contributed by atoms with Gasteiger partial charge in [0.1, 0.15) is 13.8 Å². The third kappa shape index (κ3) is 1.93. The third-order valence-electron chi connectivity index (χ3n) is 1.93. The Balaban J connectivity index is 3.08. The predicted octanol–water partition coefficient (Wildman–Crippen LogP) is 3.05. The molecule has 0 saturated carbocycles. The van der Waals surface area contributed by atoms with Crippen LogP contribution < -0.4 is 0 Å². The summed E-state index contributed by atoms with van der Waals surface area (Å²) in [6, 6.07) is 4.62. The number of pyridine rings is 1. The van der Waals surface area contributed by atoms with E-state index in [1.165, 1.54) is 12.3 Å². The maximum Gasteiger partial charge on any atom is 0.269 e. The molecule has 1 heterocycles. The zero-order chi connectivity index (χ0) is 10.1. The van der Waals surface area contributed by atoms with E-state index in [4.69, 9.17) is 0 Å². The van der Waals surface area contributed by atoms with Gasteiger partial charge in [0.15, 0.2) is 0 Å². The van der Waals surface area contributed by atoms with Crippen LogP contribution in [0.2, 0.25) is 19.6 Å². The fraction of sp³-hybridized carbons (Fsp3) is 0.444. The summed E-state index contributed by atoms with van der Waals surface area (Å²) in [4.78, 5) is 3.70. The van der Waals surface area contributed by atoms with E-state index in [0.29, 0.717) is 0 Å². The van der Waals surface area contributed by atoms with Crippen molar-refractivity contribution in [3.05, 3.63) is 30.1 Å². The molecular formula is C9H13F2NSi. The van der Waals surface area contributed by atoms with Crippen LogP contribution in [0, 0.1) is 0 Å². The van der Waals surface area contributed by atoms with Gasteiger partial charge in [-0.1, -0.05) is 25.7 Å². The molecule has 0 spiro atoms. The molecule has 0 aromatic carbocycles. The maximum absolute atomic E-state index is 13.7. The first-order chi connectivity index (χ1) is 5.86. The van der Waals surface area contributed by atoms with E-state index < -0.39 is 13.6 Å². The fourth-order valence-electron chi connectivity index (χ4n) is 0.933. The van der Waals surface area contributed by atoms with Crippen molar-refractivity contribution in [1.29, 1.82) is 0 Å². The molecule has 1 aromatic heterocycles. The van der Waals surface area contributed by atoms with Gasteiger partial charge < -0.3 is 0 Å². The first-order valence-corrected chi connectivity index (χ1v) is 7.65. The van der Waals surface area contributed by atoms with E-state index in [9.17, 15) is 8.78 Å². The highest BCUT2D eigenvalue weighted by Crippen LogP contribution is 2.35. The van der Waals surface area contributed by atoms with E-state index in [0.717, 1.165) is 0 Å². The summed E-state index contributed by atoms with van der Waals surface area (Å²) in [7, 11) is -2.52. The molecule has 0 N–H and O–H groups in total. The van der Waals surface area contributed by atoms with E-state index in [1.54, 1.807) is 31.8 Å². The minimum Gasteiger partial charge on any atom is -0.255 e. The molecule has 0 atom stereocenters. The SMILES string of the molecule is C[Si](C)(C)C(F)(F)c1ccccn1. The second-order valence-electron chi connectivity index (χ2n) is 4.04. The summed E-state index contributed by atoms with van der Waals surface area (Å²) >= 11 is 0. The Morgan fingerprint density at radius 2 is 1.85 bits per heavy atom. The number of hydrogen-bond donors (Lipinski definition) is 0. The summed E-state index contributed by atoms with van der Waals surface area (Å²) < 4.78 is 27.3. The van der Waals surface area contributed by atoms with Crippen molar-refractivity contribution >= 4 is 8.07 Å². The van der Waals surface area contributed by atoms with Crippen molar-refractivity contribution < 1.29 is 8.78 Å². The van der Waals surface area contributed by atoms with Crippen LogP contribution in [0.3, 0.4) is 0 Å². The summed E-state index contributed by atoms with van der Waals surface area (Å²) in [6.45, 7) is 4.92. The van der Waals surface area contributed by atoms with Gasteiger partial charge in [-0.15, -0.1) is 0 Å². The second kappa shape index (κ2) is 3.18. The Labute approximate surface area is 77.8 Å². The summed E-state index contributed by atoms with van der Waals surface area (Å²) in [5, 5.41) is 0. The first kappa shape index (κ1) is 10.3. The van der Waals surface area contributed by atoms with Crippen molar-refractivity contribution in [3.8, 4) is 0 Å². The van der Waals surface area contributed by atoms with Gasteiger partial charge in [-0.25, -0.2) is 8.78 Å². The van der Waals surface area contributed by atoms with Gasteiger partial charge in [0.25, 0.3) is 5.55 Å². The van der Waals surface area contributed by atoms with Crippen LogP contribution in [0.1, 0.15) is 5.69 Å². The highest BCUT2D eigenvalue weighted by Gasteiger charge is 2.47. The number of halogens is 2. The Kier molecular flexibility index (Phi) is 2.52. The monoisotopic (exact) mass is 201 g/mol. The molecule has 0 aliphatic heterocycles. The molecule has 0 bridgehead atoms. The molecule has 0 saturated heterocycles. The molecule has 0 amide bonds. The van der Waals surface area contributed by atoms with Crippen LogP contribution in [0.15, 0.2) is 24.4 Å². The normalized spacial score (nSPS) is 13.0. The summed E-state index contributed by atoms with van der Waals surface area (Å²) in [6.07, 6.45) is 1.41. The molecule has 0 aliphatic carbocycles. The highest BCUT2D eigenvalue weighted by molar-refractivity contribution is 6.78.